The molecule has 0 aliphatic rings. The summed E-state index contributed by atoms with van der Waals surface area (Å²) in [5.41, 5.74) is 2.33. The molecule has 1 N–H and O–H groups in total. The van der Waals surface area contributed by atoms with Crippen molar-refractivity contribution in [3.8, 4) is 5.75 Å². The van der Waals surface area contributed by atoms with Crippen molar-refractivity contribution in [2.45, 2.75) is 19.5 Å². The Bertz CT molecular complexity index is 688. The number of para-hydroxylation sites is 1. The van der Waals surface area contributed by atoms with Crippen LogP contribution in [0.5, 0.6) is 5.75 Å². The molecule has 0 saturated carbocycles. The third kappa shape index (κ3) is 3.23. The van der Waals surface area contributed by atoms with Crippen LogP contribution in [0.2, 0.25) is 0 Å². The van der Waals surface area contributed by atoms with Crippen molar-refractivity contribution < 1.29 is 4.74 Å². The van der Waals surface area contributed by atoms with Gasteiger partial charge in [-0.05, 0) is 36.8 Å². The van der Waals surface area contributed by atoms with Gasteiger partial charge < -0.3 is 10.1 Å². The molecule has 2 aromatic carbocycles. The first-order valence-electron chi connectivity index (χ1n) is 6.98. The van der Waals surface area contributed by atoms with Crippen molar-refractivity contribution in [3.05, 3.63) is 59.1 Å². The van der Waals surface area contributed by atoms with Gasteiger partial charge in [0.05, 0.1) is 17.3 Å². The van der Waals surface area contributed by atoms with Crippen LogP contribution < -0.4 is 10.1 Å². The maximum atomic E-state index is 5.18. The van der Waals surface area contributed by atoms with Crippen LogP contribution in [0.15, 0.2) is 48.5 Å². The molecule has 0 amide bonds. The van der Waals surface area contributed by atoms with E-state index < -0.39 is 0 Å². The second-order valence-corrected chi connectivity index (χ2v) is 6.07. The van der Waals surface area contributed by atoms with Gasteiger partial charge in [-0.15, -0.1) is 11.3 Å². The summed E-state index contributed by atoms with van der Waals surface area (Å²) in [7, 11) is 1.68. The average molecular weight is 298 g/mol. The second-order valence-electron chi connectivity index (χ2n) is 4.95. The number of nitrogens with zero attached hydrogens (tertiary/aromatic N) is 1. The number of hydrogen-bond acceptors (Lipinski definition) is 4. The molecule has 0 fully saturated rings. The number of rotatable bonds is 5. The van der Waals surface area contributed by atoms with Crippen LogP contribution in [0.1, 0.15) is 23.5 Å². The minimum absolute atomic E-state index is 0.280. The van der Waals surface area contributed by atoms with Crippen molar-refractivity contribution in [1.82, 2.24) is 10.3 Å². The predicted octanol–water partition coefficient (Wildman–Crippen LogP) is 4.16. The number of benzene rings is 2. The minimum atomic E-state index is 0.280. The van der Waals surface area contributed by atoms with E-state index in [1.807, 2.05) is 18.2 Å². The summed E-state index contributed by atoms with van der Waals surface area (Å²) < 4.78 is 6.43. The molecule has 1 aromatic heterocycles. The van der Waals surface area contributed by atoms with Gasteiger partial charge in [-0.1, -0.05) is 24.3 Å². The van der Waals surface area contributed by atoms with Crippen molar-refractivity contribution in [3.63, 3.8) is 0 Å². The zero-order valence-electron chi connectivity index (χ0n) is 12.2. The second kappa shape index (κ2) is 6.24. The Hall–Kier alpha value is -1.91. The fourth-order valence-electron chi connectivity index (χ4n) is 2.25. The summed E-state index contributed by atoms with van der Waals surface area (Å²) in [5.74, 6) is 0.886. The van der Waals surface area contributed by atoms with Gasteiger partial charge in [0.15, 0.2) is 0 Å². The monoisotopic (exact) mass is 298 g/mol. The smallest absolute Gasteiger partial charge is 0.118 e. The number of nitrogens with one attached hydrogen (secondary N) is 1. The molecule has 3 aromatic rings. The van der Waals surface area contributed by atoms with Crippen LogP contribution >= 0.6 is 11.3 Å². The quantitative estimate of drug-likeness (QED) is 0.768. The van der Waals surface area contributed by atoms with E-state index in [4.69, 9.17) is 4.74 Å². The average Bonchev–Trinajstić information content (AvgIpc) is 2.95. The molecule has 1 atom stereocenters. The van der Waals surface area contributed by atoms with Crippen LogP contribution in [-0.2, 0) is 6.54 Å². The van der Waals surface area contributed by atoms with E-state index in [9.17, 15) is 0 Å². The molecule has 0 aliphatic heterocycles. The van der Waals surface area contributed by atoms with Crippen LogP contribution in [0.25, 0.3) is 10.2 Å². The summed E-state index contributed by atoms with van der Waals surface area (Å²) in [6.07, 6.45) is 0. The summed E-state index contributed by atoms with van der Waals surface area (Å²) >= 11 is 1.75. The Labute approximate surface area is 128 Å². The summed E-state index contributed by atoms with van der Waals surface area (Å²) in [6.45, 7) is 2.95. The first-order valence-corrected chi connectivity index (χ1v) is 7.79. The largest absolute Gasteiger partial charge is 0.497 e. The number of aromatic nitrogens is 1. The number of hydrogen-bond donors (Lipinski definition) is 1. The zero-order valence-corrected chi connectivity index (χ0v) is 13.0. The lowest BCUT2D eigenvalue weighted by atomic mass is 10.1. The van der Waals surface area contributed by atoms with Gasteiger partial charge in [0.2, 0.25) is 0 Å². The molecule has 0 spiro atoms. The number of methoxy groups -OCH3 is 1. The van der Waals surface area contributed by atoms with Crippen LogP contribution in [0.4, 0.5) is 0 Å². The van der Waals surface area contributed by atoms with E-state index in [1.165, 1.54) is 10.3 Å². The fraction of sp³-hybridized carbons (Fsp3) is 0.235. The SMILES string of the molecule is COc1ccc([C@@H](C)NCc2nc3ccccc3s2)cc1. The van der Waals surface area contributed by atoms with E-state index in [1.54, 1.807) is 18.4 Å². The van der Waals surface area contributed by atoms with E-state index in [0.29, 0.717) is 0 Å². The fourth-order valence-corrected chi connectivity index (χ4v) is 3.16. The molecule has 0 radical (unpaired) electrons. The summed E-state index contributed by atoms with van der Waals surface area (Å²) in [6, 6.07) is 16.7. The number of thiazole rings is 1. The zero-order chi connectivity index (χ0) is 14.7. The molecule has 4 heteroatoms. The van der Waals surface area contributed by atoms with Crippen LogP contribution in [0, 0.1) is 0 Å². The lowest BCUT2D eigenvalue weighted by Crippen LogP contribution is -2.17. The summed E-state index contributed by atoms with van der Waals surface area (Å²) in [5, 5.41) is 4.64. The Balaban J connectivity index is 1.65. The first-order chi connectivity index (χ1) is 10.3. The van der Waals surface area contributed by atoms with Gasteiger partial charge in [-0.3, -0.25) is 0 Å². The molecule has 0 aliphatic carbocycles. The normalized spacial score (nSPS) is 12.5. The van der Waals surface area contributed by atoms with Crippen LogP contribution in [0.3, 0.4) is 0 Å². The number of ether oxygens (including phenoxy) is 1. The lowest BCUT2D eigenvalue weighted by molar-refractivity contribution is 0.414. The van der Waals surface area contributed by atoms with E-state index in [2.05, 4.69) is 47.6 Å². The minimum Gasteiger partial charge on any atom is -0.497 e. The van der Waals surface area contributed by atoms with Gasteiger partial charge in [0.1, 0.15) is 10.8 Å². The van der Waals surface area contributed by atoms with Gasteiger partial charge in [0.25, 0.3) is 0 Å². The van der Waals surface area contributed by atoms with E-state index in [-0.39, 0.29) is 6.04 Å². The van der Waals surface area contributed by atoms with Crippen molar-refractivity contribution in [2.75, 3.05) is 7.11 Å². The summed E-state index contributed by atoms with van der Waals surface area (Å²) in [4.78, 5) is 4.64. The third-order valence-corrected chi connectivity index (χ3v) is 4.55. The predicted molar refractivity (Wildman–Crippen MR) is 87.9 cm³/mol. The molecular weight excluding hydrogens is 280 g/mol. The molecule has 1 heterocycles. The van der Waals surface area contributed by atoms with Crippen molar-refractivity contribution >= 4 is 21.6 Å². The molecule has 3 rings (SSSR count). The molecule has 0 bridgehead atoms. The Morgan fingerprint density at radius 3 is 2.62 bits per heavy atom. The van der Waals surface area contributed by atoms with Crippen molar-refractivity contribution in [2.24, 2.45) is 0 Å². The highest BCUT2D eigenvalue weighted by atomic mass is 32.1. The molecule has 3 nitrogen and oxygen atoms in total. The van der Waals surface area contributed by atoms with Gasteiger partial charge in [-0.25, -0.2) is 4.98 Å². The van der Waals surface area contributed by atoms with E-state index >= 15 is 0 Å². The standard InChI is InChI=1S/C17H18N2OS/c1-12(13-7-9-14(20-2)10-8-13)18-11-17-19-15-5-3-4-6-16(15)21-17/h3-10,12,18H,11H2,1-2H3/t12-/m1/s1. The molecule has 0 unspecified atom stereocenters. The highest BCUT2D eigenvalue weighted by molar-refractivity contribution is 7.18. The van der Waals surface area contributed by atoms with Crippen LogP contribution in [-0.4, -0.2) is 12.1 Å². The highest BCUT2D eigenvalue weighted by Gasteiger charge is 2.07. The molecular formula is C17H18N2OS. The Morgan fingerprint density at radius 1 is 1.14 bits per heavy atom. The molecule has 0 saturated heterocycles. The van der Waals surface area contributed by atoms with Gasteiger partial charge in [-0.2, -0.15) is 0 Å². The lowest BCUT2D eigenvalue weighted by Gasteiger charge is -2.13. The van der Waals surface area contributed by atoms with E-state index in [0.717, 1.165) is 22.8 Å². The Morgan fingerprint density at radius 2 is 1.90 bits per heavy atom. The van der Waals surface area contributed by atoms with Gasteiger partial charge in [0, 0.05) is 12.6 Å². The third-order valence-electron chi connectivity index (χ3n) is 3.51. The highest BCUT2D eigenvalue weighted by Crippen LogP contribution is 2.22. The van der Waals surface area contributed by atoms with Gasteiger partial charge >= 0.3 is 0 Å². The molecule has 21 heavy (non-hydrogen) atoms. The number of fused-ring (bicyclic) bond motifs is 1. The van der Waals surface area contributed by atoms with Crippen molar-refractivity contribution in [1.29, 1.82) is 0 Å². The Kier molecular flexibility index (Phi) is 4.18. The molecule has 108 valence electrons. The maximum Gasteiger partial charge on any atom is 0.118 e. The first kappa shape index (κ1) is 14.0. The topological polar surface area (TPSA) is 34.1 Å². The maximum absolute atomic E-state index is 5.18.